The summed E-state index contributed by atoms with van der Waals surface area (Å²) in [6.07, 6.45) is 4.76. The average Bonchev–Trinajstić information content (AvgIpc) is 3.64. The fraction of sp³-hybridized carbons (Fsp3) is 0.481. The molecule has 0 radical (unpaired) electrons. The molecule has 20 heteroatoms. The van der Waals surface area contributed by atoms with E-state index in [1.807, 2.05) is 47.2 Å². The molecule has 2 atom stereocenters. The van der Waals surface area contributed by atoms with Crippen molar-refractivity contribution in [1.29, 1.82) is 0 Å². The summed E-state index contributed by atoms with van der Waals surface area (Å²) in [4.78, 5) is 21.8. The second-order valence-electron chi connectivity index (χ2n) is 19.5. The van der Waals surface area contributed by atoms with Crippen molar-refractivity contribution >= 4 is 66.1 Å². The van der Waals surface area contributed by atoms with Crippen molar-refractivity contribution in [3.8, 4) is 0 Å². The summed E-state index contributed by atoms with van der Waals surface area (Å²) < 4.78 is 104. The number of amides is 1. The highest BCUT2D eigenvalue weighted by molar-refractivity contribution is 7.99. The van der Waals surface area contributed by atoms with Gasteiger partial charge in [-0.1, -0.05) is 54.4 Å². The molecule has 0 aromatic heterocycles. The average molecular weight is 1070 g/mol. The minimum atomic E-state index is -6.06. The summed E-state index contributed by atoms with van der Waals surface area (Å²) in [5, 5.41) is 7.25. The van der Waals surface area contributed by atoms with Crippen LogP contribution in [0.2, 0.25) is 5.02 Å². The summed E-state index contributed by atoms with van der Waals surface area (Å²) in [7, 11) is -10.9. The molecule has 4 aromatic rings. The Morgan fingerprint density at radius 1 is 0.847 bits per heavy atom. The number of morpholine rings is 1. The molecule has 2 unspecified atom stereocenters. The van der Waals surface area contributed by atoms with Gasteiger partial charge in [-0.2, -0.15) is 13.2 Å². The number of hydrogen-bond donors (Lipinski definition) is 3. The van der Waals surface area contributed by atoms with Gasteiger partial charge in [0.1, 0.15) is 4.90 Å². The number of sulfonamides is 1. The number of sulfone groups is 1. The van der Waals surface area contributed by atoms with Gasteiger partial charge in [-0.05, 0) is 128 Å². The van der Waals surface area contributed by atoms with Crippen molar-refractivity contribution in [2.45, 2.75) is 65.3 Å². The molecule has 390 valence electrons. The number of carbonyl (C=O) groups is 1. The van der Waals surface area contributed by atoms with Crippen LogP contribution in [0, 0.1) is 5.41 Å². The minimum Gasteiger partial charge on any atom is -0.380 e. The first-order valence-corrected chi connectivity index (χ1v) is 29.0. The Morgan fingerprint density at radius 2 is 1.57 bits per heavy atom. The predicted octanol–water partition coefficient (Wildman–Crippen LogP) is 8.11. The zero-order valence-electron chi connectivity index (χ0n) is 40.6. The third-order valence-electron chi connectivity index (χ3n) is 14.1. The number of rotatable bonds is 18. The van der Waals surface area contributed by atoms with Crippen LogP contribution in [0.1, 0.15) is 54.9 Å². The molecule has 0 spiro atoms. The Balaban J connectivity index is 0.919. The van der Waals surface area contributed by atoms with Crippen LogP contribution < -0.4 is 20.3 Å². The minimum absolute atomic E-state index is 0.000127. The topological polar surface area (TPSA) is 144 Å². The molecular formula is C52H65ClF3N7O6S3. The molecule has 3 saturated heterocycles. The van der Waals surface area contributed by atoms with Crippen molar-refractivity contribution in [1.82, 2.24) is 24.7 Å². The van der Waals surface area contributed by atoms with E-state index in [1.54, 1.807) is 12.1 Å². The van der Waals surface area contributed by atoms with Crippen LogP contribution in [0.5, 0.6) is 0 Å². The molecule has 1 aliphatic carbocycles. The fourth-order valence-corrected chi connectivity index (χ4v) is 13.3. The number of nitrogens with one attached hydrogen (secondary N) is 3. The van der Waals surface area contributed by atoms with Crippen LogP contribution in [-0.4, -0.2) is 153 Å². The fourth-order valence-electron chi connectivity index (χ4n) is 10.1. The predicted molar refractivity (Wildman–Crippen MR) is 280 cm³/mol. The summed E-state index contributed by atoms with van der Waals surface area (Å²) in [6, 6.07) is 26.0. The van der Waals surface area contributed by atoms with E-state index in [2.05, 4.69) is 49.3 Å². The molecule has 3 aliphatic heterocycles. The Hall–Kier alpha value is -4.18. The van der Waals surface area contributed by atoms with E-state index in [0.29, 0.717) is 51.1 Å². The van der Waals surface area contributed by atoms with Gasteiger partial charge in [0.05, 0.1) is 23.8 Å². The Bertz CT molecular complexity index is 2720. The van der Waals surface area contributed by atoms with Crippen molar-refractivity contribution in [3.05, 3.63) is 119 Å². The van der Waals surface area contributed by atoms with Crippen molar-refractivity contribution in [3.63, 3.8) is 0 Å². The number of nitrogens with zero attached hydrogens (tertiary/aromatic N) is 4. The van der Waals surface area contributed by atoms with Gasteiger partial charge >= 0.3 is 5.51 Å². The van der Waals surface area contributed by atoms with Crippen LogP contribution in [0.15, 0.2) is 117 Å². The Morgan fingerprint density at radius 3 is 2.28 bits per heavy atom. The van der Waals surface area contributed by atoms with E-state index in [1.165, 1.54) is 40.6 Å². The summed E-state index contributed by atoms with van der Waals surface area (Å²) in [5.74, 6) is -0.653. The monoisotopic (exact) mass is 1070 g/mol. The summed E-state index contributed by atoms with van der Waals surface area (Å²) in [5.41, 5.74) is -1.02. The maximum absolute atomic E-state index is 14.3. The molecule has 0 bridgehead atoms. The van der Waals surface area contributed by atoms with Crippen molar-refractivity contribution < 1.29 is 39.5 Å². The van der Waals surface area contributed by atoms with E-state index < -0.39 is 52.8 Å². The molecule has 1 amide bonds. The first-order chi connectivity index (χ1) is 34.4. The SMILES string of the molecule is CC1(CN2CCCNCC2)CCC(c2ccc(Cl)cc2)=C(CN2CCN(c3ccc(C(=O)NS(=O)(=O)c4ccc(NC(CCN5CCOCC5)CSc5ccccc5)c(S(=O)(=O)C(F)(F)F)c4)cc3)CC2)C1. The van der Waals surface area contributed by atoms with Crippen LogP contribution in [-0.2, 0) is 24.6 Å². The van der Waals surface area contributed by atoms with E-state index >= 15 is 0 Å². The number of allylic oxidation sites excluding steroid dienone is 1. The van der Waals surface area contributed by atoms with E-state index in [-0.39, 0.29) is 11.0 Å². The number of alkyl halides is 3. The van der Waals surface area contributed by atoms with E-state index in [9.17, 15) is 34.8 Å². The number of hydrogen-bond acceptors (Lipinski definition) is 13. The quantitative estimate of drug-likeness (QED) is 0.0827. The van der Waals surface area contributed by atoms with Crippen LogP contribution in [0.25, 0.3) is 5.57 Å². The number of carbonyl (C=O) groups excluding carboxylic acids is 1. The molecular weight excluding hydrogens is 1010 g/mol. The highest BCUT2D eigenvalue weighted by Crippen LogP contribution is 2.44. The lowest BCUT2D eigenvalue weighted by Crippen LogP contribution is -2.47. The highest BCUT2D eigenvalue weighted by Gasteiger charge is 2.48. The maximum atomic E-state index is 14.3. The molecule has 8 rings (SSSR count). The van der Waals surface area contributed by atoms with Gasteiger partial charge in [-0.25, -0.2) is 21.6 Å². The lowest BCUT2D eigenvalue weighted by molar-refractivity contribution is -0.0435. The number of benzene rings is 4. The van der Waals surface area contributed by atoms with Crippen LogP contribution in [0.3, 0.4) is 0 Å². The number of thioether (sulfide) groups is 1. The van der Waals surface area contributed by atoms with Crippen LogP contribution >= 0.6 is 23.4 Å². The standard InChI is InChI=1S/C52H65ClF3N7O6S3/c1-51(38-62-23-5-21-57-22-25-62)20-18-47(39-8-12-42(53)13-9-39)41(35-51)36-61-26-28-63(29-27-61)44-14-10-40(11-15-44)50(64)59-72(67,68)46-16-17-48(49(34-46)71(65,66)52(54,55)56)58-43(19-24-60-30-32-69-33-31-60)37-70-45-6-3-2-4-7-45/h2-4,6-17,34,43,57-58H,5,18-33,35-38H2,1H3,(H,59,64). The van der Waals surface area contributed by atoms with Gasteiger partial charge in [0.15, 0.2) is 0 Å². The molecule has 4 aliphatic rings. The maximum Gasteiger partial charge on any atom is 0.501 e. The number of ether oxygens (including phenoxy) is 1. The molecule has 3 heterocycles. The molecule has 3 fully saturated rings. The lowest BCUT2D eigenvalue weighted by Gasteiger charge is -2.42. The van der Waals surface area contributed by atoms with Crippen molar-refractivity contribution in [2.24, 2.45) is 5.41 Å². The highest BCUT2D eigenvalue weighted by atomic mass is 35.5. The largest absolute Gasteiger partial charge is 0.501 e. The Labute approximate surface area is 431 Å². The van der Waals surface area contributed by atoms with Gasteiger partial charge in [0.2, 0.25) is 0 Å². The third-order valence-corrected chi connectivity index (χ3v) is 18.4. The molecule has 0 saturated carbocycles. The van der Waals surface area contributed by atoms with Gasteiger partial charge in [0, 0.05) is 105 Å². The summed E-state index contributed by atoms with van der Waals surface area (Å²) >= 11 is 7.75. The van der Waals surface area contributed by atoms with Gasteiger partial charge in [-0.15, -0.1) is 11.8 Å². The zero-order valence-corrected chi connectivity index (χ0v) is 43.8. The first-order valence-electron chi connectivity index (χ1n) is 24.7. The van der Waals surface area contributed by atoms with E-state index in [4.69, 9.17) is 16.3 Å². The second-order valence-corrected chi connectivity index (χ2v) is 24.6. The van der Waals surface area contributed by atoms with E-state index in [0.717, 1.165) is 119 Å². The number of anilines is 2. The normalized spacial score (nSPS) is 20.8. The van der Waals surface area contributed by atoms with Gasteiger partial charge in [-0.3, -0.25) is 14.6 Å². The third kappa shape index (κ3) is 14.1. The first kappa shape index (κ1) is 54.1. The molecule has 72 heavy (non-hydrogen) atoms. The molecule has 13 nitrogen and oxygen atoms in total. The lowest BCUT2D eigenvalue weighted by atomic mass is 9.71. The molecule has 3 N–H and O–H groups in total. The smallest absolute Gasteiger partial charge is 0.380 e. The summed E-state index contributed by atoms with van der Waals surface area (Å²) in [6.45, 7) is 14.7. The number of piperazine rings is 1. The van der Waals surface area contributed by atoms with Gasteiger partial charge < -0.3 is 25.2 Å². The van der Waals surface area contributed by atoms with Gasteiger partial charge in [0.25, 0.3) is 25.8 Å². The zero-order chi connectivity index (χ0) is 50.9. The second kappa shape index (κ2) is 24.0. The molecule has 4 aromatic carbocycles. The number of halogens is 4. The van der Waals surface area contributed by atoms with Crippen molar-refractivity contribution in [2.75, 3.05) is 114 Å². The van der Waals surface area contributed by atoms with Crippen LogP contribution in [0.4, 0.5) is 24.5 Å². The Kier molecular flexibility index (Phi) is 18.0.